The first-order valence-corrected chi connectivity index (χ1v) is 10.4. The lowest BCUT2D eigenvalue weighted by Gasteiger charge is -2.26. The Labute approximate surface area is 183 Å². The largest absolute Gasteiger partial charge is 0.379 e. The van der Waals surface area contributed by atoms with Crippen molar-refractivity contribution in [2.75, 3.05) is 31.3 Å². The van der Waals surface area contributed by atoms with Crippen molar-refractivity contribution >= 4 is 52.1 Å². The van der Waals surface area contributed by atoms with Gasteiger partial charge < -0.3 is 4.74 Å². The van der Waals surface area contributed by atoms with Gasteiger partial charge in [0.05, 0.1) is 24.7 Å². The number of nitrogens with zero attached hydrogens (tertiary/aromatic N) is 2. The maximum Gasteiger partial charge on any atom is 0.328 e. The monoisotopic (exact) mass is 453 g/mol. The number of carbonyl (C=O) groups excluding carboxylic acids is 1. The summed E-state index contributed by atoms with van der Waals surface area (Å²) in [5.41, 5.74) is 5.27. The van der Waals surface area contributed by atoms with Gasteiger partial charge >= 0.3 is 5.91 Å². The van der Waals surface area contributed by atoms with Crippen LogP contribution >= 0.6 is 34.8 Å². The van der Waals surface area contributed by atoms with E-state index < -0.39 is 0 Å². The van der Waals surface area contributed by atoms with Crippen LogP contribution in [0.2, 0.25) is 15.1 Å². The molecule has 1 amide bonds. The average molecular weight is 455 g/mol. The second kappa shape index (κ2) is 8.90. The molecule has 1 unspecified atom stereocenters. The number of nitrogens with one attached hydrogen (secondary N) is 2. The molecular formula is C20H20Cl3N4O2+. The average Bonchev–Trinajstić information content (AvgIpc) is 3.14. The predicted octanol–water partition coefficient (Wildman–Crippen LogP) is 2.40. The molecule has 9 heteroatoms. The van der Waals surface area contributed by atoms with Crippen molar-refractivity contribution in [2.24, 2.45) is 0 Å². The fourth-order valence-electron chi connectivity index (χ4n) is 3.44. The summed E-state index contributed by atoms with van der Waals surface area (Å²) in [5.74, 6) is -0.168. The highest BCUT2D eigenvalue weighted by molar-refractivity contribution is 6.37. The predicted molar refractivity (Wildman–Crippen MR) is 114 cm³/mol. The number of morpholine rings is 1. The number of halogens is 3. The van der Waals surface area contributed by atoms with Gasteiger partial charge in [-0.05, 0) is 35.9 Å². The molecule has 1 atom stereocenters. The summed E-state index contributed by atoms with van der Waals surface area (Å²) >= 11 is 18.6. The van der Waals surface area contributed by atoms with Crippen LogP contribution in [0.4, 0.5) is 5.69 Å². The lowest BCUT2D eigenvalue weighted by Crippen LogP contribution is -2.83. The summed E-state index contributed by atoms with van der Waals surface area (Å²) in [6.07, 6.45) is 0.497. The van der Waals surface area contributed by atoms with Gasteiger partial charge in [-0.25, -0.2) is 5.01 Å². The Balaban J connectivity index is 1.62. The van der Waals surface area contributed by atoms with Gasteiger partial charge in [0.2, 0.25) is 0 Å². The highest BCUT2D eigenvalue weighted by Gasteiger charge is 2.40. The molecule has 0 aliphatic carbocycles. The molecule has 2 heterocycles. The molecule has 29 heavy (non-hydrogen) atoms. The van der Waals surface area contributed by atoms with Crippen LogP contribution in [0, 0.1) is 0 Å². The van der Waals surface area contributed by atoms with Gasteiger partial charge in [-0.15, -0.1) is 10.1 Å². The van der Waals surface area contributed by atoms with Crippen molar-refractivity contribution in [1.29, 1.82) is 0 Å². The van der Waals surface area contributed by atoms with E-state index in [0.717, 1.165) is 11.3 Å². The van der Waals surface area contributed by atoms with Gasteiger partial charge in [0.25, 0.3) is 5.71 Å². The molecule has 0 bridgehead atoms. The van der Waals surface area contributed by atoms with Crippen molar-refractivity contribution in [3.8, 4) is 0 Å². The third kappa shape index (κ3) is 4.68. The van der Waals surface area contributed by atoms with Gasteiger partial charge in [0.1, 0.15) is 11.7 Å². The van der Waals surface area contributed by atoms with Gasteiger partial charge in [-0.1, -0.05) is 46.9 Å². The Morgan fingerprint density at radius 3 is 2.41 bits per heavy atom. The second-order valence-electron chi connectivity index (χ2n) is 6.87. The minimum absolute atomic E-state index is 0.128. The number of anilines is 1. The standard InChI is InChI=1S/C20H19Cl3N4O2/c21-14-3-1-13(2-4-14)19-12-17(20(28)25-26-7-9-29-10-8-26)24-27(19)18-6-5-15(22)11-16(18)23/h1-6,11,19H,7-10,12H2,(H,25,28)/p+1. The Morgan fingerprint density at radius 1 is 1.03 bits per heavy atom. The summed E-state index contributed by atoms with van der Waals surface area (Å²) < 4.78 is 5.33. The summed E-state index contributed by atoms with van der Waals surface area (Å²) in [7, 11) is 0. The number of carbonyl (C=O) groups is 1. The molecule has 0 spiro atoms. The highest BCUT2D eigenvalue weighted by atomic mass is 35.5. The lowest BCUT2D eigenvalue weighted by molar-refractivity contribution is -0.468. The zero-order valence-corrected chi connectivity index (χ0v) is 17.8. The quantitative estimate of drug-likeness (QED) is 0.745. The number of amides is 1. The van der Waals surface area contributed by atoms with Crippen molar-refractivity contribution in [3.63, 3.8) is 0 Å². The molecule has 2 aromatic carbocycles. The van der Waals surface area contributed by atoms with Crippen LogP contribution in [-0.2, 0) is 9.53 Å². The molecule has 4 rings (SSSR count). The lowest BCUT2D eigenvalue weighted by atomic mass is 10.0. The molecule has 0 radical (unpaired) electrons. The highest BCUT2D eigenvalue weighted by Crippen LogP contribution is 2.34. The van der Waals surface area contributed by atoms with Gasteiger partial charge in [-0.2, -0.15) is 0 Å². The molecule has 1 fully saturated rings. The van der Waals surface area contributed by atoms with E-state index in [9.17, 15) is 4.79 Å². The first-order chi connectivity index (χ1) is 14.0. The number of hydrogen-bond donors (Lipinski definition) is 2. The number of benzene rings is 2. The fourth-order valence-corrected chi connectivity index (χ4v) is 4.07. The molecule has 2 N–H and O–H groups in total. The third-order valence-corrected chi connectivity index (χ3v) is 5.72. The Hall–Kier alpha value is -1.83. The number of hydrazone groups is 1. The van der Waals surface area contributed by atoms with Crippen LogP contribution in [0.15, 0.2) is 42.5 Å². The van der Waals surface area contributed by atoms with E-state index in [0.29, 0.717) is 53.5 Å². The summed E-state index contributed by atoms with van der Waals surface area (Å²) in [6.45, 7) is 2.52. The maximum atomic E-state index is 12.9. The minimum atomic E-state index is -0.168. The van der Waals surface area contributed by atoms with Crippen LogP contribution in [0.1, 0.15) is 18.0 Å². The van der Waals surface area contributed by atoms with Gasteiger partial charge in [0.15, 0.2) is 0 Å². The first-order valence-electron chi connectivity index (χ1n) is 9.27. The number of hydrogen-bond acceptors (Lipinski definition) is 4. The van der Waals surface area contributed by atoms with E-state index >= 15 is 0 Å². The molecular weight excluding hydrogens is 435 g/mol. The first kappa shape index (κ1) is 20.4. The minimum Gasteiger partial charge on any atom is -0.379 e. The molecule has 1 saturated heterocycles. The van der Waals surface area contributed by atoms with E-state index in [1.54, 1.807) is 12.1 Å². The van der Waals surface area contributed by atoms with Crippen LogP contribution < -0.4 is 15.5 Å². The van der Waals surface area contributed by atoms with E-state index in [1.807, 2.05) is 40.3 Å². The Bertz CT molecular complexity index is 930. The van der Waals surface area contributed by atoms with Crippen molar-refractivity contribution in [3.05, 3.63) is 63.1 Å². The summed E-state index contributed by atoms with van der Waals surface area (Å²) in [6, 6.07) is 12.7. The topological polar surface area (TPSA) is 58.8 Å². The molecule has 0 aromatic heterocycles. The van der Waals surface area contributed by atoms with Crippen LogP contribution in [-0.4, -0.2) is 42.9 Å². The zero-order chi connectivity index (χ0) is 20.4. The van der Waals surface area contributed by atoms with Crippen LogP contribution in [0.25, 0.3) is 0 Å². The molecule has 2 aromatic rings. The fraction of sp³-hybridized carbons (Fsp3) is 0.300. The Morgan fingerprint density at radius 2 is 1.72 bits per heavy atom. The second-order valence-corrected chi connectivity index (χ2v) is 8.15. The van der Waals surface area contributed by atoms with Crippen molar-refractivity contribution in [2.45, 2.75) is 12.5 Å². The van der Waals surface area contributed by atoms with E-state index in [4.69, 9.17) is 39.5 Å². The number of ether oxygens (including phenoxy) is 1. The third-order valence-electron chi connectivity index (χ3n) is 4.93. The number of hydrazine groups is 2. The Kier molecular flexibility index (Phi) is 6.27. The SMILES string of the molecule is O=C(NN1CCOCC1)C1=[NH+]N(c2ccc(Cl)cc2Cl)C(c2ccc(Cl)cc2)C1. The van der Waals surface area contributed by atoms with Gasteiger partial charge in [0, 0.05) is 23.1 Å². The zero-order valence-electron chi connectivity index (χ0n) is 15.5. The van der Waals surface area contributed by atoms with Crippen molar-refractivity contribution < 1.29 is 14.6 Å². The van der Waals surface area contributed by atoms with Crippen LogP contribution in [0.5, 0.6) is 0 Å². The molecule has 152 valence electrons. The van der Waals surface area contributed by atoms with E-state index in [2.05, 4.69) is 10.5 Å². The van der Waals surface area contributed by atoms with E-state index in [-0.39, 0.29) is 11.9 Å². The number of rotatable bonds is 4. The summed E-state index contributed by atoms with van der Waals surface area (Å²) in [4.78, 5) is 12.9. The van der Waals surface area contributed by atoms with Crippen molar-refractivity contribution in [1.82, 2.24) is 10.4 Å². The normalized spacial score (nSPS) is 19.9. The smallest absolute Gasteiger partial charge is 0.328 e. The maximum absolute atomic E-state index is 12.9. The van der Waals surface area contributed by atoms with E-state index in [1.165, 1.54) is 0 Å². The molecule has 0 saturated carbocycles. The molecule has 2 aliphatic heterocycles. The summed E-state index contributed by atoms with van der Waals surface area (Å²) in [5, 5.41) is 8.72. The van der Waals surface area contributed by atoms with Crippen LogP contribution in [0.3, 0.4) is 0 Å². The van der Waals surface area contributed by atoms with Gasteiger partial charge in [-0.3, -0.25) is 10.2 Å². The molecule has 6 nitrogen and oxygen atoms in total. The molecule has 2 aliphatic rings.